The molecule has 0 saturated heterocycles. The van der Waals surface area contributed by atoms with E-state index in [1.807, 2.05) is 18.3 Å². The van der Waals surface area contributed by atoms with Crippen LogP contribution in [0.15, 0.2) is 23.2 Å². The second-order valence-electron chi connectivity index (χ2n) is 4.41. The molecule has 0 aliphatic carbocycles. The van der Waals surface area contributed by atoms with Gasteiger partial charge in [0.25, 0.3) is 0 Å². The Morgan fingerprint density at radius 1 is 1.41 bits per heavy atom. The van der Waals surface area contributed by atoms with Crippen molar-refractivity contribution in [3.05, 3.63) is 23.8 Å². The first-order chi connectivity index (χ1) is 8.34. The molecule has 1 N–H and O–H groups in total. The number of aliphatic hydroxyl groups is 1. The highest BCUT2D eigenvalue weighted by molar-refractivity contribution is 5.68. The van der Waals surface area contributed by atoms with Crippen molar-refractivity contribution in [3.8, 4) is 5.75 Å². The number of aliphatic hydroxyl groups excluding tert-OH is 1. The molecule has 2 heterocycles. The summed E-state index contributed by atoms with van der Waals surface area (Å²) in [7, 11) is 0. The van der Waals surface area contributed by atoms with Crippen LogP contribution in [0.5, 0.6) is 5.75 Å². The lowest BCUT2D eigenvalue weighted by atomic mass is 10.0. The summed E-state index contributed by atoms with van der Waals surface area (Å²) in [6.45, 7) is 3.22. The van der Waals surface area contributed by atoms with Gasteiger partial charge in [0.2, 0.25) is 0 Å². The molecule has 1 aromatic carbocycles. The third-order valence-corrected chi connectivity index (χ3v) is 3.30. The van der Waals surface area contributed by atoms with E-state index >= 15 is 0 Å². The second-order valence-corrected chi connectivity index (χ2v) is 4.41. The lowest BCUT2D eigenvalue weighted by molar-refractivity contribution is 0.115. The Morgan fingerprint density at radius 2 is 2.35 bits per heavy atom. The fourth-order valence-electron chi connectivity index (χ4n) is 2.31. The SMILES string of the molecule is OC1CCOc2ccc(N3CC=NCC3)cc21. The minimum Gasteiger partial charge on any atom is -0.493 e. The Bertz CT molecular complexity index is 445. The van der Waals surface area contributed by atoms with Gasteiger partial charge in [0, 0.05) is 30.4 Å². The molecular formula is C13H16N2O2. The number of benzene rings is 1. The molecule has 0 radical (unpaired) electrons. The van der Waals surface area contributed by atoms with Gasteiger partial charge in [0.1, 0.15) is 5.75 Å². The molecule has 0 amide bonds. The average Bonchev–Trinajstić information content (AvgIpc) is 2.40. The van der Waals surface area contributed by atoms with Crippen molar-refractivity contribution in [3.63, 3.8) is 0 Å². The third-order valence-electron chi connectivity index (χ3n) is 3.30. The number of hydrogen-bond donors (Lipinski definition) is 1. The molecule has 3 rings (SSSR count). The van der Waals surface area contributed by atoms with Crippen LogP contribution in [0, 0.1) is 0 Å². The van der Waals surface area contributed by atoms with Gasteiger partial charge in [0.15, 0.2) is 0 Å². The van der Waals surface area contributed by atoms with Gasteiger partial charge in [-0.15, -0.1) is 0 Å². The van der Waals surface area contributed by atoms with Crippen LogP contribution in [0.3, 0.4) is 0 Å². The predicted octanol–water partition coefficient (Wildman–Crippen LogP) is 1.39. The lowest BCUT2D eigenvalue weighted by Gasteiger charge is -2.28. The number of rotatable bonds is 1. The smallest absolute Gasteiger partial charge is 0.125 e. The normalized spacial score (nSPS) is 23.1. The van der Waals surface area contributed by atoms with E-state index in [1.54, 1.807) is 0 Å². The zero-order chi connectivity index (χ0) is 11.7. The summed E-state index contributed by atoms with van der Waals surface area (Å²) in [5.74, 6) is 0.818. The van der Waals surface area contributed by atoms with E-state index in [0.29, 0.717) is 13.0 Å². The first-order valence-corrected chi connectivity index (χ1v) is 6.02. The van der Waals surface area contributed by atoms with Gasteiger partial charge in [-0.2, -0.15) is 0 Å². The first-order valence-electron chi connectivity index (χ1n) is 6.02. The molecule has 1 aromatic rings. The molecule has 0 fully saturated rings. The Morgan fingerprint density at radius 3 is 3.18 bits per heavy atom. The Hall–Kier alpha value is -1.55. The molecule has 0 aromatic heterocycles. The van der Waals surface area contributed by atoms with Gasteiger partial charge in [-0.3, -0.25) is 4.99 Å². The molecule has 2 aliphatic heterocycles. The molecule has 0 bridgehead atoms. The van der Waals surface area contributed by atoms with E-state index in [9.17, 15) is 5.11 Å². The second kappa shape index (κ2) is 4.37. The number of ether oxygens (including phenoxy) is 1. The molecule has 0 spiro atoms. The highest BCUT2D eigenvalue weighted by Crippen LogP contribution is 2.34. The van der Waals surface area contributed by atoms with Crippen molar-refractivity contribution in [2.24, 2.45) is 4.99 Å². The third kappa shape index (κ3) is 2.00. The molecular weight excluding hydrogens is 216 g/mol. The van der Waals surface area contributed by atoms with Gasteiger partial charge in [-0.05, 0) is 18.2 Å². The standard InChI is InChI=1S/C13H16N2O2/c16-12-3-8-17-13-2-1-10(9-11(12)13)15-6-4-14-5-7-15/h1-2,4,9,12,16H,3,5-8H2. The van der Waals surface area contributed by atoms with Crippen LogP contribution in [0.1, 0.15) is 18.1 Å². The van der Waals surface area contributed by atoms with E-state index < -0.39 is 6.10 Å². The lowest BCUT2D eigenvalue weighted by Crippen LogP contribution is -2.31. The Kier molecular flexibility index (Phi) is 2.73. The highest BCUT2D eigenvalue weighted by Gasteiger charge is 2.20. The predicted molar refractivity (Wildman–Crippen MR) is 67.1 cm³/mol. The van der Waals surface area contributed by atoms with Crippen LogP contribution in [-0.2, 0) is 0 Å². The van der Waals surface area contributed by atoms with Gasteiger partial charge < -0.3 is 14.7 Å². The van der Waals surface area contributed by atoms with E-state index in [0.717, 1.165) is 36.6 Å². The van der Waals surface area contributed by atoms with Crippen LogP contribution in [-0.4, -0.2) is 37.6 Å². The summed E-state index contributed by atoms with van der Waals surface area (Å²) in [6.07, 6.45) is 2.23. The molecule has 2 aliphatic rings. The number of aliphatic imine (C=N–C) groups is 1. The van der Waals surface area contributed by atoms with E-state index in [4.69, 9.17) is 4.74 Å². The molecule has 1 unspecified atom stereocenters. The van der Waals surface area contributed by atoms with Crippen molar-refractivity contribution >= 4 is 11.9 Å². The van der Waals surface area contributed by atoms with Crippen molar-refractivity contribution in [1.82, 2.24) is 0 Å². The quantitative estimate of drug-likeness (QED) is 0.796. The van der Waals surface area contributed by atoms with Gasteiger partial charge in [0.05, 0.1) is 25.8 Å². The van der Waals surface area contributed by atoms with E-state index in [2.05, 4.69) is 16.0 Å². The van der Waals surface area contributed by atoms with E-state index in [1.165, 1.54) is 0 Å². The van der Waals surface area contributed by atoms with Crippen LogP contribution >= 0.6 is 0 Å². The minimum absolute atomic E-state index is 0.392. The van der Waals surface area contributed by atoms with E-state index in [-0.39, 0.29) is 0 Å². The van der Waals surface area contributed by atoms with Gasteiger partial charge in [-0.25, -0.2) is 0 Å². The van der Waals surface area contributed by atoms with Crippen LogP contribution in [0.2, 0.25) is 0 Å². The van der Waals surface area contributed by atoms with Crippen LogP contribution < -0.4 is 9.64 Å². The van der Waals surface area contributed by atoms with Gasteiger partial charge in [-0.1, -0.05) is 0 Å². The van der Waals surface area contributed by atoms with Crippen molar-refractivity contribution in [1.29, 1.82) is 0 Å². The zero-order valence-corrected chi connectivity index (χ0v) is 9.67. The molecule has 0 saturated carbocycles. The number of anilines is 1. The fourth-order valence-corrected chi connectivity index (χ4v) is 2.31. The average molecular weight is 232 g/mol. The van der Waals surface area contributed by atoms with Crippen molar-refractivity contribution < 1.29 is 9.84 Å². The fraction of sp³-hybridized carbons (Fsp3) is 0.462. The van der Waals surface area contributed by atoms with Gasteiger partial charge >= 0.3 is 0 Å². The first kappa shape index (κ1) is 10.6. The van der Waals surface area contributed by atoms with Crippen molar-refractivity contribution in [2.75, 3.05) is 31.1 Å². The topological polar surface area (TPSA) is 45.1 Å². The van der Waals surface area contributed by atoms with Crippen molar-refractivity contribution in [2.45, 2.75) is 12.5 Å². The largest absolute Gasteiger partial charge is 0.493 e. The summed E-state index contributed by atoms with van der Waals surface area (Å²) < 4.78 is 5.53. The summed E-state index contributed by atoms with van der Waals surface area (Å²) in [5, 5.41) is 9.96. The molecule has 4 heteroatoms. The van der Waals surface area contributed by atoms with Crippen LogP contribution in [0.4, 0.5) is 5.69 Å². The molecule has 17 heavy (non-hydrogen) atoms. The maximum Gasteiger partial charge on any atom is 0.125 e. The number of nitrogens with zero attached hydrogens (tertiary/aromatic N) is 2. The summed E-state index contributed by atoms with van der Waals surface area (Å²) in [5.41, 5.74) is 2.05. The summed E-state index contributed by atoms with van der Waals surface area (Å²) in [6, 6.07) is 6.05. The summed E-state index contributed by atoms with van der Waals surface area (Å²) in [4.78, 5) is 6.47. The van der Waals surface area contributed by atoms with Crippen LogP contribution in [0.25, 0.3) is 0 Å². The summed E-state index contributed by atoms with van der Waals surface area (Å²) >= 11 is 0. The maximum atomic E-state index is 9.96. The maximum absolute atomic E-state index is 9.96. The molecule has 1 atom stereocenters. The number of fused-ring (bicyclic) bond motifs is 1. The highest BCUT2D eigenvalue weighted by atomic mass is 16.5. The Labute approximate surface area is 101 Å². The zero-order valence-electron chi connectivity index (χ0n) is 9.67. The Balaban J connectivity index is 1.91. The minimum atomic E-state index is -0.392. The molecule has 90 valence electrons. The molecule has 4 nitrogen and oxygen atoms in total. The monoisotopic (exact) mass is 232 g/mol. The number of hydrogen-bond acceptors (Lipinski definition) is 4.